The van der Waals surface area contributed by atoms with Gasteiger partial charge in [-0.25, -0.2) is 4.79 Å². The Labute approximate surface area is 262 Å². The lowest BCUT2D eigenvalue weighted by molar-refractivity contribution is 0.0204. The molecule has 0 unspecified atom stereocenters. The van der Waals surface area contributed by atoms with E-state index in [0.717, 1.165) is 61.4 Å². The average molecular weight is 616 g/mol. The second-order valence-corrected chi connectivity index (χ2v) is 12.6. The van der Waals surface area contributed by atoms with Crippen molar-refractivity contribution < 1.29 is 19.0 Å². The van der Waals surface area contributed by atoms with Gasteiger partial charge >= 0.3 is 6.09 Å². The van der Waals surface area contributed by atoms with Gasteiger partial charge in [0.15, 0.2) is 23.9 Å². The summed E-state index contributed by atoms with van der Waals surface area (Å²) in [6, 6.07) is 14.0. The zero-order chi connectivity index (χ0) is 31.6. The van der Waals surface area contributed by atoms with Crippen molar-refractivity contribution in [3.05, 3.63) is 48.2 Å². The van der Waals surface area contributed by atoms with Crippen LogP contribution in [0.1, 0.15) is 64.1 Å². The van der Waals surface area contributed by atoms with E-state index in [1.807, 2.05) is 55.8 Å². The van der Waals surface area contributed by atoms with Crippen molar-refractivity contribution in [2.75, 3.05) is 50.7 Å². The molecular formula is C32H41N9O4. The first-order valence-electron chi connectivity index (χ1n) is 15.5. The molecule has 6 rings (SSSR count). The topological polar surface area (TPSA) is 147 Å². The number of rotatable bonds is 7. The Bertz CT molecular complexity index is 1620. The summed E-state index contributed by atoms with van der Waals surface area (Å²) in [7, 11) is 1.59. The number of methoxy groups -OCH3 is 1. The van der Waals surface area contributed by atoms with E-state index in [9.17, 15) is 4.79 Å². The van der Waals surface area contributed by atoms with Crippen LogP contribution in [0.5, 0.6) is 5.75 Å². The Morgan fingerprint density at radius 3 is 2.40 bits per heavy atom. The first-order chi connectivity index (χ1) is 21.7. The monoisotopic (exact) mass is 615 g/mol. The highest BCUT2D eigenvalue weighted by atomic mass is 16.7. The highest BCUT2D eigenvalue weighted by Gasteiger charge is 2.29. The summed E-state index contributed by atoms with van der Waals surface area (Å²) in [6.07, 6.45) is 3.18. The number of carbonyl (C=O) groups excluding carboxylic acids is 1. The number of carbonyl (C=O) groups is 1. The number of ether oxygens (including phenoxy) is 3. The van der Waals surface area contributed by atoms with Gasteiger partial charge in [-0.15, -0.1) is 15.3 Å². The molecule has 0 aliphatic carbocycles. The van der Waals surface area contributed by atoms with Crippen LogP contribution < -0.4 is 15.4 Å². The van der Waals surface area contributed by atoms with E-state index < -0.39 is 5.60 Å². The third-order valence-electron chi connectivity index (χ3n) is 8.34. The molecule has 3 aromatic heterocycles. The molecule has 4 aromatic rings. The van der Waals surface area contributed by atoms with Gasteiger partial charge in [0.25, 0.3) is 0 Å². The molecule has 2 aliphatic heterocycles. The predicted molar refractivity (Wildman–Crippen MR) is 170 cm³/mol. The quantitative estimate of drug-likeness (QED) is 0.286. The van der Waals surface area contributed by atoms with Crippen molar-refractivity contribution >= 4 is 28.8 Å². The first-order valence-corrected chi connectivity index (χ1v) is 15.5. The van der Waals surface area contributed by atoms with Crippen molar-refractivity contribution in [3.63, 3.8) is 0 Å². The summed E-state index contributed by atoms with van der Waals surface area (Å²) in [5.41, 5.74) is 9.70. The number of amides is 1. The Morgan fingerprint density at radius 1 is 0.956 bits per heavy atom. The molecule has 2 fully saturated rings. The molecule has 0 saturated carbocycles. The predicted octanol–water partition coefficient (Wildman–Crippen LogP) is 4.80. The third-order valence-corrected chi connectivity index (χ3v) is 8.34. The van der Waals surface area contributed by atoms with Crippen LogP contribution in [0, 0.1) is 0 Å². The van der Waals surface area contributed by atoms with Crippen LogP contribution in [0.3, 0.4) is 0 Å². The molecule has 1 aromatic carbocycles. The molecule has 0 radical (unpaired) electrons. The molecule has 238 valence electrons. The molecule has 2 N–H and O–H groups in total. The fourth-order valence-corrected chi connectivity index (χ4v) is 6.04. The van der Waals surface area contributed by atoms with Gasteiger partial charge in [0.05, 0.1) is 22.9 Å². The summed E-state index contributed by atoms with van der Waals surface area (Å²) >= 11 is 0. The zero-order valence-corrected chi connectivity index (χ0v) is 26.3. The summed E-state index contributed by atoms with van der Waals surface area (Å²) in [6.45, 7) is 8.74. The Hall–Kier alpha value is -4.52. The van der Waals surface area contributed by atoms with Crippen LogP contribution >= 0.6 is 0 Å². The molecule has 2 aliphatic rings. The maximum absolute atomic E-state index is 12.4. The number of anilines is 2. The minimum absolute atomic E-state index is 0.137. The Balaban J connectivity index is 1.09. The molecule has 13 nitrogen and oxygen atoms in total. The number of hydrogen-bond acceptors (Lipinski definition) is 11. The van der Waals surface area contributed by atoms with Gasteiger partial charge in [0.2, 0.25) is 0 Å². The van der Waals surface area contributed by atoms with E-state index in [-0.39, 0.29) is 24.8 Å². The maximum Gasteiger partial charge on any atom is 0.410 e. The van der Waals surface area contributed by atoms with Crippen molar-refractivity contribution in [2.24, 2.45) is 0 Å². The number of aromatic nitrogens is 6. The molecule has 0 spiro atoms. The number of benzene rings is 1. The fourth-order valence-electron chi connectivity index (χ4n) is 6.04. The molecule has 1 amide bonds. The number of likely N-dealkylation sites (tertiary alicyclic amines) is 1. The van der Waals surface area contributed by atoms with Crippen LogP contribution in [0.25, 0.3) is 22.3 Å². The van der Waals surface area contributed by atoms with Gasteiger partial charge in [-0.05, 0) is 76.8 Å². The number of nitrogen functional groups attached to an aromatic ring is 1. The van der Waals surface area contributed by atoms with Crippen LogP contribution in [0.4, 0.5) is 16.4 Å². The van der Waals surface area contributed by atoms with E-state index in [1.54, 1.807) is 12.0 Å². The van der Waals surface area contributed by atoms with Crippen molar-refractivity contribution in [1.29, 1.82) is 0 Å². The minimum atomic E-state index is -0.492. The lowest BCUT2D eigenvalue weighted by atomic mass is 9.93. The molecule has 13 heteroatoms. The smallest absolute Gasteiger partial charge is 0.410 e. The van der Waals surface area contributed by atoms with Crippen molar-refractivity contribution in [1.82, 2.24) is 35.1 Å². The fraction of sp³-hybridized carbons (Fsp3) is 0.500. The summed E-state index contributed by atoms with van der Waals surface area (Å²) < 4.78 is 18.4. The lowest BCUT2D eigenvalue weighted by Crippen LogP contribution is -2.41. The van der Waals surface area contributed by atoms with Gasteiger partial charge in [0, 0.05) is 44.8 Å². The van der Waals surface area contributed by atoms with E-state index in [4.69, 9.17) is 19.9 Å². The normalized spacial score (nSPS) is 16.7. The second kappa shape index (κ2) is 12.8. The first kappa shape index (κ1) is 30.5. The van der Waals surface area contributed by atoms with Gasteiger partial charge in [-0.1, -0.05) is 12.1 Å². The van der Waals surface area contributed by atoms with Crippen molar-refractivity contribution in [2.45, 2.75) is 64.0 Å². The molecule has 0 atom stereocenters. The number of hydrogen-bond donors (Lipinski definition) is 1. The number of nitrogens with zero attached hydrogens (tertiary/aromatic N) is 8. The summed E-state index contributed by atoms with van der Waals surface area (Å²) in [4.78, 5) is 16.5. The SMILES string of the molecule is COCOc1ccccc1-c1cc2c(nn1)c(N)nn2C1CCN(c2ccc(C3CCN(C(=O)OC(C)(C)C)CC3)nn2)CC1. The maximum atomic E-state index is 12.4. The molecule has 45 heavy (non-hydrogen) atoms. The van der Waals surface area contributed by atoms with E-state index in [0.29, 0.717) is 35.9 Å². The number of piperidine rings is 2. The molecule has 0 bridgehead atoms. The molecular weight excluding hydrogens is 574 g/mol. The zero-order valence-electron chi connectivity index (χ0n) is 26.3. The largest absolute Gasteiger partial charge is 0.467 e. The Morgan fingerprint density at radius 2 is 1.71 bits per heavy atom. The van der Waals surface area contributed by atoms with Crippen LogP contribution in [-0.2, 0) is 9.47 Å². The van der Waals surface area contributed by atoms with E-state index in [1.165, 1.54) is 0 Å². The van der Waals surface area contributed by atoms with Crippen LogP contribution in [0.2, 0.25) is 0 Å². The summed E-state index contributed by atoms with van der Waals surface area (Å²) in [5.74, 6) is 2.18. The highest BCUT2D eigenvalue weighted by Crippen LogP contribution is 2.34. The second-order valence-electron chi connectivity index (χ2n) is 12.6. The number of fused-ring (bicyclic) bond motifs is 1. The van der Waals surface area contributed by atoms with E-state index in [2.05, 4.69) is 42.5 Å². The third kappa shape index (κ3) is 6.77. The van der Waals surface area contributed by atoms with E-state index >= 15 is 0 Å². The standard InChI is InChI=1S/C32H41N9O4/c1-32(2,3)45-31(42)40-15-11-21(12-16-40)24-9-10-28(36-34-24)39-17-13-22(14-18-39)41-26-19-25(35-37-29(26)30(33)38-41)23-7-5-6-8-27(23)44-20-43-4/h5-10,19,21-22H,11-18,20H2,1-4H3,(H2,33,38). The molecule has 2 saturated heterocycles. The van der Waals surface area contributed by atoms with Gasteiger partial charge in [-0.2, -0.15) is 10.2 Å². The highest BCUT2D eigenvalue weighted by molar-refractivity contribution is 5.87. The minimum Gasteiger partial charge on any atom is -0.467 e. The Kier molecular flexibility index (Phi) is 8.70. The van der Waals surface area contributed by atoms with Gasteiger partial charge < -0.3 is 29.7 Å². The average Bonchev–Trinajstić information content (AvgIpc) is 3.38. The van der Waals surface area contributed by atoms with Crippen LogP contribution in [-0.4, -0.2) is 86.9 Å². The van der Waals surface area contributed by atoms with Crippen LogP contribution in [0.15, 0.2) is 42.5 Å². The van der Waals surface area contributed by atoms with Gasteiger partial charge in [0.1, 0.15) is 11.4 Å². The van der Waals surface area contributed by atoms with Crippen molar-refractivity contribution in [3.8, 4) is 17.0 Å². The number of nitrogens with two attached hydrogens (primary N) is 1. The molecule has 5 heterocycles. The lowest BCUT2D eigenvalue weighted by Gasteiger charge is -2.34. The number of para-hydroxylation sites is 1. The van der Waals surface area contributed by atoms with Gasteiger partial charge in [-0.3, -0.25) is 4.68 Å². The summed E-state index contributed by atoms with van der Waals surface area (Å²) in [5, 5.41) is 22.7.